The highest BCUT2D eigenvalue weighted by Crippen LogP contribution is 2.30. The van der Waals surface area contributed by atoms with Crippen molar-refractivity contribution in [3.05, 3.63) is 60.6 Å². The van der Waals surface area contributed by atoms with E-state index >= 15 is 0 Å². The molecule has 0 radical (unpaired) electrons. The molecule has 0 bridgehead atoms. The van der Waals surface area contributed by atoms with Crippen molar-refractivity contribution < 1.29 is 8.42 Å². The molecule has 1 aromatic carbocycles. The van der Waals surface area contributed by atoms with E-state index in [1.807, 2.05) is 42.5 Å². The lowest BCUT2D eigenvalue weighted by Crippen LogP contribution is -2.12. The van der Waals surface area contributed by atoms with Crippen molar-refractivity contribution in [3.8, 4) is 22.4 Å². The maximum Gasteiger partial charge on any atom is 0.180 e. The fourth-order valence-corrected chi connectivity index (χ4v) is 4.41. The van der Waals surface area contributed by atoms with Gasteiger partial charge in [0, 0.05) is 36.2 Å². The maximum atomic E-state index is 12.2. The van der Waals surface area contributed by atoms with Crippen LogP contribution in [0.25, 0.3) is 28.0 Å². The van der Waals surface area contributed by atoms with Crippen LogP contribution in [-0.4, -0.2) is 41.3 Å². The molecule has 0 aliphatic heterocycles. The Balaban J connectivity index is 1.86. The summed E-state index contributed by atoms with van der Waals surface area (Å²) >= 11 is 0. The second-order valence-corrected chi connectivity index (χ2v) is 8.44. The number of pyridine rings is 1. The molecule has 0 saturated carbocycles. The van der Waals surface area contributed by atoms with E-state index in [0.29, 0.717) is 17.2 Å². The Hall–Kier alpha value is -3.26. The van der Waals surface area contributed by atoms with Crippen molar-refractivity contribution >= 4 is 21.3 Å². The summed E-state index contributed by atoms with van der Waals surface area (Å²) in [5, 5.41) is 7.31. The van der Waals surface area contributed by atoms with Crippen LogP contribution in [0.1, 0.15) is 5.69 Å². The summed E-state index contributed by atoms with van der Waals surface area (Å²) in [4.78, 5) is 9.23. The lowest BCUT2D eigenvalue weighted by atomic mass is 10.1. The monoisotopic (exact) mass is 393 g/mol. The number of rotatable bonds is 4. The molecule has 0 amide bonds. The Bertz CT molecular complexity index is 1260. The number of fused-ring (bicyclic) bond motifs is 1. The molecule has 142 valence electrons. The van der Waals surface area contributed by atoms with Gasteiger partial charge in [0.15, 0.2) is 15.5 Å². The van der Waals surface area contributed by atoms with Crippen molar-refractivity contribution in [3.63, 3.8) is 0 Å². The van der Waals surface area contributed by atoms with Gasteiger partial charge in [-0.2, -0.15) is 9.61 Å². The standard InChI is InChI=1S/C20H19N5O2S/c1-13-18(28(3,26)27)20(21-2)25-19(24-13)16(12-23-25)15-9-10-17(22-11-15)14-7-5-4-6-8-14/h4-12,21H,1-3H3. The van der Waals surface area contributed by atoms with Gasteiger partial charge in [-0.3, -0.25) is 4.98 Å². The zero-order valence-electron chi connectivity index (χ0n) is 15.7. The van der Waals surface area contributed by atoms with Crippen LogP contribution < -0.4 is 5.32 Å². The first-order chi connectivity index (χ1) is 13.4. The molecule has 0 aliphatic carbocycles. The SMILES string of the molecule is CNc1c(S(C)(=O)=O)c(C)nc2c(-c3ccc(-c4ccccc4)nc3)cnn12. The number of nitrogens with one attached hydrogen (secondary N) is 1. The van der Waals surface area contributed by atoms with Gasteiger partial charge in [-0.05, 0) is 13.0 Å². The van der Waals surface area contributed by atoms with E-state index in [-0.39, 0.29) is 4.90 Å². The van der Waals surface area contributed by atoms with E-state index in [2.05, 4.69) is 20.4 Å². The zero-order chi connectivity index (χ0) is 19.9. The summed E-state index contributed by atoms with van der Waals surface area (Å²) in [6, 6.07) is 13.8. The van der Waals surface area contributed by atoms with Gasteiger partial charge in [-0.15, -0.1) is 0 Å². The van der Waals surface area contributed by atoms with Gasteiger partial charge < -0.3 is 5.32 Å². The molecular weight excluding hydrogens is 374 g/mol. The van der Waals surface area contributed by atoms with E-state index in [4.69, 9.17) is 0 Å². The Kier molecular flexibility index (Phi) is 4.35. The van der Waals surface area contributed by atoms with Crippen LogP contribution in [0, 0.1) is 6.92 Å². The van der Waals surface area contributed by atoms with Crippen LogP contribution in [0.4, 0.5) is 5.82 Å². The lowest BCUT2D eigenvalue weighted by molar-refractivity contribution is 0.600. The van der Waals surface area contributed by atoms with Gasteiger partial charge in [-0.1, -0.05) is 36.4 Å². The second kappa shape index (κ2) is 6.72. The molecule has 28 heavy (non-hydrogen) atoms. The third-order valence-corrected chi connectivity index (χ3v) is 5.75. The van der Waals surface area contributed by atoms with E-state index in [1.165, 1.54) is 10.8 Å². The van der Waals surface area contributed by atoms with Gasteiger partial charge in [0.2, 0.25) is 0 Å². The van der Waals surface area contributed by atoms with Crippen molar-refractivity contribution in [1.82, 2.24) is 19.6 Å². The fraction of sp³-hybridized carbons (Fsp3) is 0.150. The predicted octanol–water partition coefficient (Wildman–Crippen LogP) is 3.21. The van der Waals surface area contributed by atoms with Crippen molar-refractivity contribution in [1.29, 1.82) is 0 Å². The summed E-state index contributed by atoms with van der Waals surface area (Å²) in [6.07, 6.45) is 4.62. The average molecular weight is 393 g/mol. The molecule has 3 aromatic heterocycles. The molecule has 0 unspecified atom stereocenters. The summed E-state index contributed by atoms with van der Waals surface area (Å²) in [7, 11) is -1.79. The molecule has 4 rings (SSSR count). The molecule has 7 nitrogen and oxygen atoms in total. The Morgan fingerprint density at radius 1 is 1.00 bits per heavy atom. The molecule has 0 spiro atoms. The minimum atomic E-state index is -3.46. The van der Waals surface area contributed by atoms with Crippen molar-refractivity contribution in [2.24, 2.45) is 0 Å². The molecule has 8 heteroatoms. The number of nitrogens with zero attached hydrogens (tertiary/aromatic N) is 4. The highest BCUT2D eigenvalue weighted by Gasteiger charge is 2.23. The lowest BCUT2D eigenvalue weighted by Gasteiger charge is -2.12. The first-order valence-corrected chi connectivity index (χ1v) is 10.6. The molecule has 0 aliphatic rings. The van der Waals surface area contributed by atoms with Gasteiger partial charge >= 0.3 is 0 Å². The Morgan fingerprint density at radius 3 is 2.36 bits per heavy atom. The van der Waals surface area contributed by atoms with E-state index in [0.717, 1.165) is 22.4 Å². The quantitative estimate of drug-likeness (QED) is 0.573. The second-order valence-electron chi connectivity index (χ2n) is 6.49. The Labute approximate surface area is 163 Å². The van der Waals surface area contributed by atoms with Crippen molar-refractivity contribution in [2.45, 2.75) is 11.8 Å². The number of benzene rings is 1. The third kappa shape index (κ3) is 3.01. The summed E-state index contributed by atoms with van der Waals surface area (Å²) in [6.45, 7) is 1.69. The molecule has 3 heterocycles. The summed E-state index contributed by atoms with van der Waals surface area (Å²) < 4.78 is 25.9. The van der Waals surface area contributed by atoms with Crippen molar-refractivity contribution in [2.75, 3.05) is 18.6 Å². The normalized spacial score (nSPS) is 11.7. The van der Waals surface area contributed by atoms with Crippen LogP contribution in [-0.2, 0) is 9.84 Å². The smallest absolute Gasteiger partial charge is 0.180 e. The summed E-state index contributed by atoms with van der Waals surface area (Å²) in [5.41, 5.74) is 4.55. The number of anilines is 1. The largest absolute Gasteiger partial charge is 0.372 e. The predicted molar refractivity (Wildman–Crippen MR) is 109 cm³/mol. The van der Waals surface area contributed by atoms with Crippen LogP contribution in [0.15, 0.2) is 59.8 Å². The van der Waals surface area contributed by atoms with Crippen LogP contribution in [0.3, 0.4) is 0 Å². The fourth-order valence-electron chi connectivity index (χ4n) is 3.29. The first-order valence-electron chi connectivity index (χ1n) is 8.68. The van der Waals surface area contributed by atoms with Crippen LogP contribution in [0.2, 0.25) is 0 Å². The van der Waals surface area contributed by atoms with Gasteiger partial charge in [0.1, 0.15) is 10.7 Å². The van der Waals surface area contributed by atoms with Gasteiger partial charge in [-0.25, -0.2) is 13.4 Å². The Morgan fingerprint density at radius 2 is 1.75 bits per heavy atom. The molecule has 0 fully saturated rings. The molecule has 0 saturated heterocycles. The number of hydrogen-bond donors (Lipinski definition) is 1. The first kappa shape index (κ1) is 18.1. The van der Waals surface area contributed by atoms with Gasteiger partial charge in [0.25, 0.3) is 0 Å². The minimum absolute atomic E-state index is 0.148. The average Bonchev–Trinajstić information content (AvgIpc) is 3.10. The maximum absolute atomic E-state index is 12.2. The molecule has 0 atom stereocenters. The van der Waals surface area contributed by atoms with Crippen LogP contribution >= 0.6 is 0 Å². The molecule has 4 aromatic rings. The van der Waals surface area contributed by atoms with Crippen LogP contribution in [0.5, 0.6) is 0 Å². The topological polar surface area (TPSA) is 89.2 Å². The van der Waals surface area contributed by atoms with Gasteiger partial charge in [0.05, 0.1) is 17.6 Å². The molecule has 1 N–H and O–H groups in total. The molecular formula is C20H19N5O2S. The number of aryl methyl sites for hydroxylation is 1. The highest BCUT2D eigenvalue weighted by atomic mass is 32.2. The van der Waals surface area contributed by atoms with E-state index in [9.17, 15) is 8.42 Å². The third-order valence-electron chi connectivity index (χ3n) is 4.52. The van der Waals surface area contributed by atoms with E-state index in [1.54, 1.807) is 26.4 Å². The highest BCUT2D eigenvalue weighted by molar-refractivity contribution is 7.91. The van der Waals surface area contributed by atoms with E-state index < -0.39 is 9.84 Å². The number of hydrogen-bond acceptors (Lipinski definition) is 6. The zero-order valence-corrected chi connectivity index (χ0v) is 16.5. The number of sulfone groups is 1. The minimum Gasteiger partial charge on any atom is -0.372 e. The summed E-state index contributed by atoms with van der Waals surface area (Å²) in [5.74, 6) is 0.394. The number of aromatic nitrogens is 4.